The quantitative estimate of drug-likeness (QED) is 0.720. The average molecular weight is 301 g/mol. The number of rotatable bonds is 3. The van der Waals surface area contributed by atoms with Crippen LogP contribution in [0.1, 0.15) is 5.89 Å². The Kier molecular flexibility index (Phi) is 3.62. The molecule has 0 aliphatic carbocycles. The van der Waals surface area contributed by atoms with Crippen molar-refractivity contribution >= 4 is 11.6 Å². The Balaban J connectivity index is 2.01. The summed E-state index contributed by atoms with van der Waals surface area (Å²) >= 11 is 6.17. The molecule has 106 valence electrons. The highest BCUT2D eigenvalue weighted by Crippen LogP contribution is 2.31. The topological polar surface area (TPSA) is 48.2 Å². The molecule has 0 unspecified atom stereocenters. The van der Waals surface area contributed by atoms with Crippen molar-refractivity contribution in [3.63, 3.8) is 0 Å². The molecular weight excluding hydrogens is 288 g/mol. The number of hydrogen-bond acceptors (Lipinski definition) is 4. The van der Waals surface area contributed by atoms with E-state index in [1.54, 1.807) is 14.0 Å². The van der Waals surface area contributed by atoms with E-state index in [0.29, 0.717) is 22.6 Å². The Hall–Kier alpha value is -2.33. The second-order valence-electron chi connectivity index (χ2n) is 4.56. The molecule has 0 amide bonds. The van der Waals surface area contributed by atoms with Crippen molar-refractivity contribution in [2.24, 2.45) is 0 Å². The second kappa shape index (κ2) is 5.58. The summed E-state index contributed by atoms with van der Waals surface area (Å²) in [6.45, 7) is 1.77. The van der Waals surface area contributed by atoms with Gasteiger partial charge in [0.25, 0.3) is 0 Å². The van der Waals surface area contributed by atoms with Crippen LogP contribution in [0, 0.1) is 6.92 Å². The van der Waals surface area contributed by atoms with Gasteiger partial charge in [-0.25, -0.2) is 0 Å². The second-order valence-corrected chi connectivity index (χ2v) is 4.96. The van der Waals surface area contributed by atoms with Crippen LogP contribution < -0.4 is 4.74 Å². The van der Waals surface area contributed by atoms with E-state index < -0.39 is 0 Å². The van der Waals surface area contributed by atoms with Crippen LogP contribution in [0.25, 0.3) is 22.6 Å². The minimum atomic E-state index is 0.508. The number of methoxy groups -OCH3 is 1. The van der Waals surface area contributed by atoms with Gasteiger partial charge in [0, 0.05) is 12.5 Å². The summed E-state index contributed by atoms with van der Waals surface area (Å²) in [7, 11) is 1.60. The molecule has 0 aliphatic rings. The van der Waals surface area contributed by atoms with E-state index in [0.717, 1.165) is 16.7 Å². The number of aromatic nitrogens is 2. The van der Waals surface area contributed by atoms with E-state index in [9.17, 15) is 0 Å². The Morgan fingerprint density at radius 3 is 2.43 bits per heavy atom. The molecule has 0 aliphatic heterocycles. The van der Waals surface area contributed by atoms with Gasteiger partial charge in [-0.15, -0.1) is 10.2 Å². The number of nitrogens with zero attached hydrogens (tertiary/aromatic N) is 2. The fourth-order valence-corrected chi connectivity index (χ4v) is 2.35. The molecule has 2 aromatic carbocycles. The van der Waals surface area contributed by atoms with Crippen molar-refractivity contribution in [2.45, 2.75) is 6.92 Å². The van der Waals surface area contributed by atoms with Crippen molar-refractivity contribution in [1.29, 1.82) is 0 Å². The van der Waals surface area contributed by atoms with Crippen LogP contribution in [-0.4, -0.2) is 17.3 Å². The Labute approximate surface area is 127 Å². The SMILES string of the molecule is COc1ccc(-c2cccc(-c3nnc(C)o3)c2)cc1Cl. The molecule has 0 bridgehead atoms. The zero-order chi connectivity index (χ0) is 14.8. The number of hydrogen-bond donors (Lipinski definition) is 0. The molecule has 0 spiro atoms. The lowest BCUT2D eigenvalue weighted by atomic mass is 10.0. The van der Waals surface area contributed by atoms with E-state index >= 15 is 0 Å². The average Bonchev–Trinajstić information content (AvgIpc) is 2.94. The molecule has 3 rings (SSSR count). The van der Waals surface area contributed by atoms with E-state index in [4.69, 9.17) is 20.8 Å². The first-order valence-corrected chi connectivity index (χ1v) is 6.79. The first-order chi connectivity index (χ1) is 10.2. The summed E-state index contributed by atoms with van der Waals surface area (Å²) in [6, 6.07) is 13.6. The van der Waals surface area contributed by atoms with Crippen LogP contribution in [0.15, 0.2) is 46.9 Å². The van der Waals surface area contributed by atoms with E-state index in [1.807, 2.05) is 42.5 Å². The molecule has 1 aromatic heterocycles. The summed E-state index contributed by atoms with van der Waals surface area (Å²) in [5.41, 5.74) is 2.90. The Morgan fingerprint density at radius 1 is 1.00 bits per heavy atom. The number of halogens is 1. The minimum absolute atomic E-state index is 0.508. The third-order valence-corrected chi connectivity index (χ3v) is 3.42. The highest BCUT2D eigenvalue weighted by molar-refractivity contribution is 6.32. The fourth-order valence-electron chi connectivity index (χ4n) is 2.09. The fraction of sp³-hybridized carbons (Fsp3) is 0.125. The van der Waals surface area contributed by atoms with Crippen LogP contribution in [0.2, 0.25) is 5.02 Å². The molecule has 21 heavy (non-hydrogen) atoms. The van der Waals surface area contributed by atoms with Gasteiger partial charge in [0.2, 0.25) is 11.8 Å². The molecule has 0 saturated heterocycles. The van der Waals surface area contributed by atoms with Gasteiger partial charge in [0.15, 0.2) is 0 Å². The van der Waals surface area contributed by atoms with Gasteiger partial charge >= 0.3 is 0 Å². The maximum Gasteiger partial charge on any atom is 0.247 e. The van der Waals surface area contributed by atoms with Gasteiger partial charge in [-0.3, -0.25) is 0 Å². The third kappa shape index (κ3) is 2.76. The van der Waals surface area contributed by atoms with E-state index in [-0.39, 0.29) is 0 Å². The van der Waals surface area contributed by atoms with E-state index in [2.05, 4.69) is 10.2 Å². The number of aryl methyl sites for hydroxylation is 1. The van der Waals surface area contributed by atoms with Crippen LogP contribution in [-0.2, 0) is 0 Å². The van der Waals surface area contributed by atoms with Crippen molar-refractivity contribution < 1.29 is 9.15 Å². The number of ether oxygens (including phenoxy) is 1. The predicted molar refractivity (Wildman–Crippen MR) is 81.5 cm³/mol. The van der Waals surface area contributed by atoms with Crippen LogP contribution in [0.3, 0.4) is 0 Å². The van der Waals surface area contributed by atoms with Gasteiger partial charge in [-0.05, 0) is 35.4 Å². The molecule has 5 heteroatoms. The van der Waals surface area contributed by atoms with Gasteiger partial charge < -0.3 is 9.15 Å². The Bertz CT molecular complexity index is 783. The zero-order valence-corrected chi connectivity index (χ0v) is 12.4. The molecule has 0 radical (unpaired) electrons. The zero-order valence-electron chi connectivity index (χ0n) is 11.6. The third-order valence-electron chi connectivity index (χ3n) is 3.12. The van der Waals surface area contributed by atoms with Crippen LogP contribution >= 0.6 is 11.6 Å². The highest BCUT2D eigenvalue weighted by Gasteiger charge is 2.08. The van der Waals surface area contributed by atoms with Gasteiger partial charge in [-0.2, -0.15) is 0 Å². The summed E-state index contributed by atoms with van der Waals surface area (Å²) in [5.74, 6) is 1.71. The van der Waals surface area contributed by atoms with Crippen LogP contribution in [0.4, 0.5) is 0 Å². The molecule has 3 aromatic rings. The predicted octanol–water partition coefficient (Wildman–Crippen LogP) is 4.37. The summed E-state index contributed by atoms with van der Waals surface area (Å²) < 4.78 is 10.6. The summed E-state index contributed by atoms with van der Waals surface area (Å²) in [4.78, 5) is 0. The van der Waals surface area contributed by atoms with Crippen molar-refractivity contribution in [3.05, 3.63) is 53.4 Å². The molecule has 0 saturated carbocycles. The minimum Gasteiger partial charge on any atom is -0.495 e. The lowest BCUT2D eigenvalue weighted by molar-refractivity contribution is 0.415. The standard InChI is InChI=1S/C16H13ClN2O2/c1-10-18-19-16(21-10)13-5-3-4-11(8-13)12-6-7-15(20-2)14(17)9-12/h3-9H,1-2H3. The van der Waals surface area contributed by atoms with E-state index in [1.165, 1.54) is 0 Å². The first kappa shape index (κ1) is 13.6. The Morgan fingerprint density at radius 2 is 1.76 bits per heavy atom. The molecule has 0 N–H and O–H groups in total. The first-order valence-electron chi connectivity index (χ1n) is 6.42. The lowest BCUT2D eigenvalue weighted by Crippen LogP contribution is -1.86. The molecule has 4 nitrogen and oxygen atoms in total. The van der Waals surface area contributed by atoms with Crippen molar-refractivity contribution in [2.75, 3.05) is 7.11 Å². The lowest BCUT2D eigenvalue weighted by Gasteiger charge is -2.07. The smallest absolute Gasteiger partial charge is 0.247 e. The van der Waals surface area contributed by atoms with Gasteiger partial charge in [-0.1, -0.05) is 29.8 Å². The van der Waals surface area contributed by atoms with Crippen LogP contribution in [0.5, 0.6) is 5.75 Å². The highest BCUT2D eigenvalue weighted by atomic mass is 35.5. The van der Waals surface area contributed by atoms with Crippen molar-refractivity contribution in [1.82, 2.24) is 10.2 Å². The maximum atomic E-state index is 6.17. The van der Waals surface area contributed by atoms with Crippen molar-refractivity contribution in [3.8, 4) is 28.3 Å². The normalized spacial score (nSPS) is 10.6. The number of benzene rings is 2. The monoisotopic (exact) mass is 300 g/mol. The molecule has 0 atom stereocenters. The largest absolute Gasteiger partial charge is 0.495 e. The maximum absolute atomic E-state index is 6.17. The van der Waals surface area contributed by atoms with Gasteiger partial charge in [0.05, 0.1) is 12.1 Å². The molecule has 1 heterocycles. The summed E-state index contributed by atoms with van der Waals surface area (Å²) in [6.07, 6.45) is 0. The van der Waals surface area contributed by atoms with Gasteiger partial charge in [0.1, 0.15) is 5.75 Å². The molecular formula is C16H13ClN2O2. The molecule has 0 fully saturated rings. The summed E-state index contributed by atoms with van der Waals surface area (Å²) in [5, 5.41) is 8.46.